The van der Waals surface area contributed by atoms with E-state index in [1.54, 1.807) is 6.20 Å². The molecule has 2 aromatic rings. The fraction of sp³-hybridized carbons (Fsp3) is 0.545. The Bertz CT molecular complexity index is 1060. The summed E-state index contributed by atoms with van der Waals surface area (Å²) < 4.78 is 92.6. The highest BCUT2D eigenvalue weighted by atomic mass is 19.4. The lowest BCUT2D eigenvalue weighted by atomic mass is 9.97. The van der Waals surface area contributed by atoms with Crippen molar-refractivity contribution in [3.05, 3.63) is 41.6 Å². The highest BCUT2D eigenvalue weighted by molar-refractivity contribution is 5.75. The number of benzene rings is 1. The summed E-state index contributed by atoms with van der Waals surface area (Å²) in [6.07, 6.45) is -6.57. The summed E-state index contributed by atoms with van der Waals surface area (Å²) in [6, 6.07) is 2.71. The average Bonchev–Trinajstić information content (AvgIpc) is 3.16. The summed E-state index contributed by atoms with van der Waals surface area (Å²) in [5, 5.41) is 0.955. The van der Waals surface area contributed by atoms with E-state index >= 15 is 0 Å². The Kier molecular flexibility index (Phi) is 7.09. The largest absolute Gasteiger partial charge is 0.492 e. The number of alkyl halides is 6. The summed E-state index contributed by atoms with van der Waals surface area (Å²) in [6.45, 7) is 3.24. The van der Waals surface area contributed by atoms with Crippen LogP contribution in [0.5, 0.6) is 0 Å². The molecule has 0 spiro atoms. The van der Waals surface area contributed by atoms with Crippen molar-refractivity contribution in [3.63, 3.8) is 0 Å². The van der Waals surface area contributed by atoms with Crippen molar-refractivity contribution in [1.82, 2.24) is 19.5 Å². The maximum absolute atomic E-state index is 13.8. The first-order valence-corrected chi connectivity index (χ1v) is 11.1. The fourth-order valence-corrected chi connectivity index (χ4v) is 4.20. The van der Waals surface area contributed by atoms with E-state index in [1.165, 1.54) is 6.07 Å². The molecule has 1 aromatic heterocycles. The number of aromatic nitrogens is 2. The third kappa shape index (κ3) is 5.95. The van der Waals surface area contributed by atoms with E-state index in [1.807, 2.05) is 4.57 Å². The van der Waals surface area contributed by atoms with Gasteiger partial charge in [-0.2, -0.15) is 26.3 Å². The van der Waals surface area contributed by atoms with Crippen molar-refractivity contribution < 1.29 is 40.4 Å². The van der Waals surface area contributed by atoms with Gasteiger partial charge in [0.2, 0.25) is 0 Å². The van der Waals surface area contributed by atoms with Crippen LogP contribution in [0, 0.1) is 5.82 Å². The molecule has 0 radical (unpaired) electrons. The zero-order valence-electron chi connectivity index (χ0n) is 18.5. The number of nitrogens with zero attached hydrogens (tertiary/aromatic N) is 4. The van der Waals surface area contributed by atoms with Crippen molar-refractivity contribution >= 4 is 5.97 Å². The van der Waals surface area contributed by atoms with Crippen LogP contribution in [0.1, 0.15) is 36.6 Å². The van der Waals surface area contributed by atoms with Gasteiger partial charge in [-0.05, 0) is 50.6 Å². The van der Waals surface area contributed by atoms with Crippen LogP contribution in [-0.4, -0.2) is 64.4 Å². The monoisotopic (exact) mass is 508 g/mol. The number of carbonyl (C=O) groups is 1. The Morgan fingerprint density at radius 2 is 1.71 bits per heavy atom. The van der Waals surface area contributed by atoms with E-state index in [4.69, 9.17) is 0 Å². The van der Waals surface area contributed by atoms with Crippen LogP contribution in [0.4, 0.5) is 30.7 Å². The summed E-state index contributed by atoms with van der Waals surface area (Å²) in [4.78, 5) is 22.2. The number of imidazole rings is 1. The second kappa shape index (κ2) is 9.76. The third-order valence-corrected chi connectivity index (χ3v) is 6.24. The maximum Gasteiger partial charge on any atom is 0.492 e. The lowest BCUT2D eigenvalue weighted by molar-refractivity contribution is -0.241. The number of hydroxylamine groups is 2. The SMILES string of the molecule is O=C(ON1CCC(c2nc(-c3ccc(F)c(C(F)(F)F)c3)cn2CCN2CCC2)CC1)C(F)(F)F. The molecule has 0 bridgehead atoms. The Morgan fingerprint density at radius 1 is 1.03 bits per heavy atom. The molecule has 1 aromatic carbocycles. The molecule has 2 aliphatic rings. The number of hydrogen-bond donors (Lipinski definition) is 0. The highest BCUT2D eigenvalue weighted by Crippen LogP contribution is 2.35. The Morgan fingerprint density at radius 3 is 2.29 bits per heavy atom. The number of piperidine rings is 1. The van der Waals surface area contributed by atoms with Crippen molar-refractivity contribution in [2.24, 2.45) is 0 Å². The zero-order chi connectivity index (χ0) is 25.4. The Labute approximate surface area is 196 Å². The standard InChI is InChI=1S/C22H23F7N4O2/c23-17-3-2-15(12-16(17)21(24,25)26)18-13-32(11-10-31-6-1-7-31)19(30-18)14-4-8-33(9-5-14)35-20(34)22(27,28)29/h2-3,12-14H,1,4-11H2. The van der Waals surface area contributed by atoms with Crippen molar-refractivity contribution in [2.45, 2.75) is 44.1 Å². The van der Waals surface area contributed by atoms with E-state index in [9.17, 15) is 35.5 Å². The van der Waals surface area contributed by atoms with Crippen molar-refractivity contribution in [1.29, 1.82) is 0 Å². The molecule has 0 aliphatic carbocycles. The van der Waals surface area contributed by atoms with Crippen LogP contribution in [0.15, 0.2) is 24.4 Å². The molecule has 35 heavy (non-hydrogen) atoms. The molecule has 0 atom stereocenters. The second-order valence-electron chi connectivity index (χ2n) is 8.65. The quantitative estimate of drug-likeness (QED) is 0.534. The first-order chi connectivity index (χ1) is 16.4. The highest BCUT2D eigenvalue weighted by Gasteiger charge is 2.43. The minimum absolute atomic E-state index is 0.0512. The van der Waals surface area contributed by atoms with Gasteiger partial charge >= 0.3 is 18.3 Å². The molecule has 4 rings (SSSR count). The molecule has 2 aliphatic heterocycles. The summed E-state index contributed by atoms with van der Waals surface area (Å²) in [7, 11) is 0. The van der Waals surface area contributed by atoms with Crippen LogP contribution in [0.2, 0.25) is 0 Å². The van der Waals surface area contributed by atoms with E-state index in [0.29, 0.717) is 31.8 Å². The molecular weight excluding hydrogens is 485 g/mol. The average molecular weight is 508 g/mol. The lowest BCUT2D eigenvalue weighted by Gasteiger charge is -2.32. The summed E-state index contributed by atoms with van der Waals surface area (Å²) in [5.74, 6) is -3.28. The molecule has 0 N–H and O–H groups in total. The molecular formula is C22H23F7N4O2. The van der Waals surface area contributed by atoms with Crippen LogP contribution in [0.3, 0.4) is 0 Å². The molecule has 0 saturated carbocycles. The predicted molar refractivity (Wildman–Crippen MR) is 109 cm³/mol. The Balaban J connectivity index is 1.54. The minimum atomic E-state index is -5.09. The van der Waals surface area contributed by atoms with Gasteiger partial charge in [0.1, 0.15) is 11.6 Å². The first kappa shape index (κ1) is 25.4. The maximum atomic E-state index is 13.8. The first-order valence-electron chi connectivity index (χ1n) is 11.1. The molecule has 2 saturated heterocycles. The number of rotatable bonds is 6. The van der Waals surface area contributed by atoms with Crippen molar-refractivity contribution in [2.75, 3.05) is 32.7 Å². The normalized spacial score (nSPS) is 18.5. The van der Waals surface area contributed by atoms with Crippen molar-refractivity contribution in [3.8, 4) is 11.3 Å². The van der Waals surface area contributed by atoms with Gasteiger partial charge in [0.05, 0.1) is 11.3 Å². The zero-order valence-corrected chi connectivity index (χ0v) is 18.5. The minimum Gasteiger partial charge on any atom is -0.361 e. The molecule has 192 valence electrons. The van der Waals surface area contributed by atoms with Gasteiger partial charge < -0.3 is 14.3 Å². The predicted octanol–water partition coefficient (Wildman–Crippen LogP) is 4.61. The molecule has 6 nitrogen and oxygen atoms in total. The number of hydrogen-bond acceptors (Lipinski definition) is 5. The number of likely N-dealkylation sites (tertiary alicyclic amines) is 1. The Hall–Kier alpha value is -2.67. The van der Waals surface area contributed by atoms with Gasteiger partial charge in [0, 0.05) is 43.9 Å². The second-order valence-corrected chi connectivity index (χ2v) is 8.65. The van der Waals surface area contributed by atoms with E-state index in [0.717, 1.165) is 36.7 Å². The lowest BCUT2D eigenvalue weighted by Crippen LogP contribution is -2.40. The van der Waals surface area contributed by atoms with E-state index < -0.39 is 29.7 Å². The van der Waals surface area contributed by atoms with Gasteiger partial charge in [-0.3, -0.25) is 0 Å². The van der Waals surface area contributed by atoms with Gasteiger partial charge in [-0.15, -0.1) is 5.06 Å². The van der Waals surface area contributed by atoms with Crippen LogP contribution in [0.25, 0.3) is 11.3 Å². The summed E-state index contributed by atoms with van der Waals surface area (Å²) >= 11 is 0. The third-order valence-electron chi connectivity index (χ3n) is 6.24. The van der Waals surface area contributed by atoms with Gasteiger partial charge in [-0.25, -0.2) is 14.2 Å². The molecule has 3 heterocycles. The summed E-state index contributed by atoms with van der Waals surface area (Å²) in [5.41, 5.74) is -1.02. The molecule has 2 fully saturated rings. The molecule has 0 amide bonds. The smallest absolute Gasteiger partial charge is 0.361 e. The van der Waals surface area contributed by atoms with Gasteiger partial charge in [-0.1, -0.05) is 0 Å². The molecule has 13 heteroatoms. The van der Waals surface area contributed by atoms with Crippen LogP contribution >= 0.6 is 0 Å². The van der Waals surface area contributed by atoms with Gasteiger partial charge in [0.15, 0.2) is 0 Å². The van der Waals surface area contributed by atoms with E-state index in [2.05, 4.69) is 14.7 Å². The number of halogens is 7. The van der Waals surface area contributed by atoms with Crippen LogP contribution < -0.4 is 0 Å². The van der Waals surface area contributed by atoms with E-state index in [-0.39, 0.29) is 30.3 Å². The topological polar surface area (TPSA) is 50.6 Å². The number of carbonyl (C=O) groups excluding carboxylic acids is 1. The fourth-order valence-electron chi connectivity index (χ4n) is 4.20. The van der Waals surface area contributed by atoms with Crippen LogP contribution in [-0.2, 0) is 22.4 Å². The van der Waals surface area contributed by atoms with Gasteiger partial charge in [0.25, 0.3) is 0 Å². The molecule has 0 unspecified atom stereocenters.